The number of pyridine rings is 1. The molecular weight excluding hydrogens is 609 g/mol. The number of ether oxygens (including phenoxy) is 3. The van der Waals surface area contributed by atoms with E-state index in [0.717, 1.165) is 36.0 Å². The lowest BCUT2D eigenvalue weighted by Crippen LogP contribution is -2.48. The number of thiazole rings is 1. The summed E-state index contributed by atoms with van der Waals surface area (Å²) in [5.41, 5.74) is -0.450. The van der Waals surface area contributed by atoms with Crippen molar-refractivity contribution in [3.63, 3.8) is 0 Å². The molecule has 1 saturated heterocycles. The lowest BCUT2D eigenvalue weighted by molar-refractivity contribution is -0.140. The molecule has 1 fully saturated rings. The minimum Gasteiger partial charge on any atom is -0.496 e. The van der Waals surface area contributed by atoms with Crippen molar-refractivity contribution in [1.29, 1.82) is 0 Å². The van der Waals surface area contributed by atoms with Gasteiger partial charge in [-0.25, -0.2) is 14.8 Å². The van der Waals surface area contributed by atoms with E-state index in [2.05, 4.69) is 16.5 Å². The summed E-state index contributed by atoms with van der Waals surface area (Å²) in [5.74, 6) is 0.658. The lowest BCUT2D eigenvalue weighted by atomic mass is 10.1. The Bertz CT molecular complexity index is 1550. The summed E-state index contributed by atoms with van der Waals surface area (Å²) in [6.45, 7) is 11.4. The van der Waals surface area contributed by atoms with Gasteiger partial charge in [-0.3, -0.25) is 9.69 Å². The minimum absolute atomic E-state index is 0.0688. The second-order valence-corrected chi connectivity index (χ2v) is 12.9. The summed E-state index contributed by atoms with van der Waals surface area (Å²) in [5, 5.41) is 1.62. The van der Waals surface area contributed by atoms with Crippen molar-refractivity contribution in [3.8, 4) is 22.2 Å². The molecule has 9 nitrogen and oxygen atoms in total. The molecular formula is C32H39F3N4O5S. The van der Waals surface area contributed by atoms with Gasteiger partial charge in [0.1, 0.15) is 39.9 Å². The smallest absolute Gasteiger partial charge is 0.434 e. The molecule has 0 saturated carbocycles. The molecule has 3 aromatic rings. The second-order valence-electron chi connectivity index (χ2n) is 12.0. The minimum atomic E-state index is -4.60. The van der Waals surface area contributed by atoms with Gasteiger partial charge in [-0.15, -0.1) is 17.9 Å². The van der Waals surface area contributed by atoms with Gasteiger partial charge in [0.25, 0.3) is 0 Å². The van der Waals surface area contributed by atoms with E-state index >= 15 is 0 Å². The van der Waals surface area contributed by atoms with Crippen molar-refractivity contribution in [2.45, 2.75) is 77.3 Å². The molecule has 0 bridgehead atoms. The first-order chi connectivity index (χ1) is 21.1. The van der Waals surface area contributed by atoms with Crippen LogP contribution >= 0.6 is 11.3 Å². The quantitative estimate of drug-likeness (QED) is 0.169. The molecule has 0 radical (unpaired) electrons. The number of fused-ring (bicyclic) bond motifs is 1. The molecule has 3 heterocycles. The number of nitrogens with zero attached hydrogens (tertiary/aromatic N) is 4. The summed E-state index contributed by atoms with van der Waals surface area (Å²) in [7, 11) is 3.23. The Kier molecular flexibility index (Phi) is 10.3. The van der Waals surface area contributed by atoms with E-state index in [1.165, 1.54) is 12.0 Å². The number of allylic oxidation sites excluding steroid dienone is 1. The van der Waals surface area contributed by atoms with Crippen LogP contribution in [0.2, 0.25) is 0 Å². The average molecular weight is 649 g/mol. The molecule has 0 spiro atoms. The lowest BCUT2D eigenvalue weighted by Gasteiger charge is -2.30. The van der Waals surface area contributed by atoms with Crippen molar-refractivity contribution < 1.29 is 37.0 Å². The number of benzene rings is 1. The predicted octanol–water partition coefficient (Wildman–Crippen LogP) is 7.27. The van der Waals surface area contributed by atoms with Gasteiger partial charge < -0.3 is 19.1 Å². The molecule has 2 atom stereocenters. The number of methoxy groups -OCH3 is 1. The molecule has 4 rings (SSSR count). The van der Waals surface area contributed by atoms with Crippen LogP contribution < -0.4 is 9.47 Å². The van der Waals surface area contributed by atoms with Gasteiger partial charge in [-0.05, 0) is 59.1 Å². The highest BCUT2D eigenvalue weighted by Gasteiger charge is 2.44. The van der Waals surface area contributed by atoms with Gasteiger partial charge in [0.2, 0.25) is 5.91 Å². The SMILES string of the molecule is C=CCCCCN(C)C(=O)C1CC(Oc2cc(-c3nc(C(F)(F)F)cs3)nc3c(C)c(OC)ccc23)CN1C(=O)OC(C)(C)C. The zero-order chi connectivity index (χ0) is 33.1. The van der Waals surface area contributed by atoms with E-state index in [4.69, 9.17) is 14.2 Å². The van der Waals surface area contributed by atoms with Gasteiger partial charge in [0, 0.05) is 42.4 Å². The average Bonchev–Trinajstić information content (AvgIpc) is 3.63. The third kappa shape index (κ3) is 8.05. The number of amides is 2. The summed E-state index contributed by atoms with van der Waals surface area (Å²) in [6.07, 6.45) is -1.30. The Hall–Kier alpha value is -3.87. The van der Waals surface area contributed by atoms with Crippen molar-refractivity contribution in [3.05, 3.63) is 47.5 Å². The molecule has 2 unspecified atom stereocenters. The Morgan fingerprint density at radius 1 is 1.18 bits per heavy atom. The van der Waals surface area contributed by atoms with Crippen LogP contribution in [-0.4, -0.2) is 76.8 Å². The van der Waals surface area contributed by atoms with Crippen molar-refractivity contribution in [2.75, 3.05) is 27.2 Å². The van der Waals surface area contributed by atoms with Gasteiger partial charge in [0.05, 0.1) is 19.2 Å². The molecule has 0 N–H and O–H groups in total. The van der Waals surface area contributed by atoms with Crippen LogP contribution in [0.1, 0.15) is 57.7 Å². The van der Waals surface area contributed by atoms with E-state index in [0.29, 0.717) is 34.5 Å². The van der Waals surface area contributed by atoms with Crippen LogP contribution in [0.25, 0.3) is 21.6 Å². The summed E-state index contributed by atoms with van der Waals surface area (Å²) in [4.78, 5) is 38.3. The van der Waals surface area contributed by atoms with E-state index in [-0.39, 0.29) is 29.6 Å². The molecule has 1 aromatic carbocycles. The molecule has 244 valence electrons. The zero-order valence-electron chi connectivity index (χ0n) is 26.4. The number of carbonyl (C=O) groups is 2. The van der Waals surface area contributed by atoms with Crippen LogP contribution in [0.5, 0.6) is 11.5 Å². The largest absolute Gasteiger partial charge is 0.496 e. The Balaban J connectivity index is 1.69. The van der Waals surface area contributed by atoms with Gasteiger partial charge >= 0.3 is 12.3 Å². The highest BCUT2D eigenvalue weighted by atomic mass is 32.1. The number of halogens is 3. The van der Waals surface area contributed by atoms with Crippen molar-refractivity contribution >= 4 is 34.2 Å². The molecule has 0 aliphatic carbocycles. The third-order valence-electron chi connectivity index (χ3n) is 7.38. The van der Waals surface area contributed by atoms with Gasteiger partial charge in [-0.2, -0.15) is 13.2 Å². The molecule has 2 aromatic heterocycles. The Morgan fingerprint density at radius 3 is 2.53 bits per heavy atom. The molecule has 13 heteroatoms. The summed E-state index contributed by atoms with van der Waals surface area (Å²) >= 11 is 0.826. The number of aryl methyl sites for hydroxylation is 1. The maximum atomic E-state index is 13.6. The van der Waals surface area contributed by atoms with E-state index in [1.54, 1.807) is 57.8 Å². The van der Waals surface area contributed by atoms with E-state index < -0.39 is 35.7 Å². The van der Waals surface area contributed by atoms with Crippen LogP contribution in [0.15, 0.2) is 36.2 Å². The van der Waals surface area contributed by atoms with Gasteiger partial charge in [-0.1, -0.05) is 6.08 Å². The topological polar surface area (TPSA) is 94.1 Å². The molecule has 2 amide bonds. The number of carbonyl (C=O) groups excluding carboxylic acids is 2. The fourth-order valence-corrected chi connectivity index (χ4v) is 5.94. The van der Waals surface area contributed by atoms with Crippen LogP contribution in [0.3, 0.4) is 0 Å². The number of alkyl halides is 3. The summed E-state index contributed by atoms with van der Waals surface area (Å²) in [6, 6.07) is 4.24. The number of rotatable bonds is 10. The number of likely N-dealkylation sites (N-methyl/N-ethyl adjacent to an activating group) is 1. The van der Waals surface area contributed by atoms with E-state index in [1.807, 2.05) is 6.08 Å². The number of hydrogen-bond donors (Lipinski definition) is 0. The normalized spacial score (nSPS) is 17.0. The van der Waals surface area contributed by atoms with Crippen LogP contribution in [0.4, 0.5) is 18.0 Å². The third-order valence-corrected chi connectivity index (χ3v) is 8.24. The molecule has 1 aliphatic rings. The fraction of sp³-hybridized carbons (Fsp3) is 0.500. The first-order valence-corrected chi connectivity index (χ1v) is 15.5. The highest BCUT2D eigenvalue weighted by Crippen LogP contribution is 2.39. The first-order valence-electron chi connectivity index (χ1n) is 14.7. The zero-order valence-corrected chi connectivity index (χ0v) is 27.2. The van der Waals surface area contributed by atoms with E-state index in [9.17, 15) is 22.8 Å². The number of aromatic nitrogens is 2. The number of unbranched alkanes of at least 4 members (excludes halogenated alkanes) is 2. The van der Waals surface area contributed by atoms with Crippen LogP contribution in [-0.2, 0) is 15.7 Å². The standard InChI is InChI=1S/C32H39F3N4O5S/c1-8-9-10-11-14-38(6)29(40)23-15-20(17-39(23)30(41)44-31(3,4)5)43-25-16-22(28-37-26(18-45-28)32(33,34)35)36-27-19(2)24(42-7)13-12-21(25)27/h8,12-13,16,18,20,23H,1,9-11,14-15,17H2,2-7H3. The van der Waals surface area contributed by atoms with Gasteiger partial charge in [0.15, 0.2) is 5.69 Å². The maximum absolute atomic E-state index is 13.6. The van der Waals surface area contributed by atoms with Crippen molar-refractivity contribution in [1.82, 2.24) is 19.8 Å². The maximum Gasteiger partial charge on any atom is 0.434 e. The Labute approximate surface area is 265 Å². The predicted molar refractivity (Wildman–Crippen MR) is 167 cm³/mol. The molecule has 45 heavy (non-hydrogen) atoms. The Morgan fingerprint density at radius 2 is 1.91 bits per heavy atom. The first kappa shape index (κ1) is 34.0. The fourth-order valence-electron chi connectivity index (χ4n) is 5.15. The molecule has 1 aliphatic heterocycles. The summed E-state index contributed by atoms with van der Waals surface area (Å²) < 4.78 is 57.6. The monoisotopic (exact) mass is 648 g/mol. The second kappa shape index (κ2) is 13.6. The van der Waals surface area contributed by atoms with Crippen molar-refractivity contribution in [2.24, 2.45) is 0 Å². The number of hydrogen-bond acceptors (Lipinski definition) is 8. The number of likely N-dealkylation sites (tertiary alicyclic amines) is 1. The highest BCUT2D eigenvalue weighted by molar-refractivity contribution is 7.13. The van der Waals surface area contributed by atoms with Crippen LogP contribution in [0, 0.1) is 6.92 Å².